The molecule has 21 heavy (non-hydrogen) atoms. The third kappa shape index (κ3) is 3.86. The van der Waals surface area contributed by atoms with Crippen LogP contribution in [0.2, 0.25) is 0 Å². The van der Waals surface area contributed by atoms with Crippen molar-refractivity contribution in [3.05, 3.63) is 0 Å². The summed E-state index contributed by atoms with van der Waals surface area (Å²) in [7, 11) is 0. The number of urea groups is 1. The van der Waals surface area contributed by atoms with E-state index < -0.39 is 17.9 Å². The second-order valence-electron chi connectivity index (χ2n) is 5.92. The van der Waals surface area contributed by atoms with E-state index >= 15 is 0 Å². The topological polar surface area (TPSA) is 98.7 Å². The van der Waals surface area contributed by atoms with Gasteiger partial charge in [0.15, 0.2) is 0 Å². The van der Waals surface area contributed by atoms with Crippen LogP contribution in [-0.4, -0.2) is 53.1 Å². The van der Waals surface area contributed by atoms with Crippen LogP contribution in [0, 0.1) is 5.92 Å². The Morgan fingerprint density at radius 2 is 2.10 bits per heavy atom. The Hall–Kier alpha value is -1.79. The second kappa shape index (κ2) is 6.78. The van der Waals surface area contributed by atoms with Crippen molar-refractivity contribution in [3.8, 4) is 0 Å². The van der Waals surface area contributed by atoms with E-state index in [1.807, 2.05) is 0 Å². The lowest BCUT2D eigenvalue weighted by molar-refractivity contribution is -0.142. The normalized spacial score (nSPS) is 29.7. The first-order chi connectivity index (χ1) is 9.99. The minimum absolute atomic E-state index is 0.113. The molecule has 1 aliphatic carbocycles. The third-order valence-electron chi connectivity index (χ3n) is 4.38. The maximum atomic E-state index is 12.4. The largest absolute Gasteiger partial charge is 0.481 e. The first-order valence-electron chi connectivity index (χ1n) is 7.55. The lowest BCUT2D eigenvalue weighted by Crippen LogP contribution is -2.61. The van der Waals surface area contributed by atoms with Gasteiger partial charge < -0.3 is 20.6 Å². The molecule has 0 radical (unpaired) electrons. The third-order valence-corrected chi connectivity index (χ3v) is 4.38. The highest BCUT2D eigenvalue weighted by atomic mass is 16.4. The van der Waals surface area contributed by atoms with Crippen molar-refractivity contribution in [2.24, 2.45) is 5.92 Å². The van der Waals surface area contributed by atoms with E-state index in [1.165, 1.54) is 11.3 Å². The van der Waals surface area contributed by atoms with Crippen molar-refractivity contribution < 1.29 is 19.5 Å². The van der Waals surface area contributed by atoms with Gasteiger partial charge in [0.05, 0.1) is 6.42 Å². The van der Waals surface area contributed by atoms with E-state index in [0.717, 1.165) is 19.3 Å². The van der Waals surface area contributed by atoms with Crippen LogP contribution in [0.4, 0.5) is 4.79 Å². The van der Waals surface area contributed by atoms with Crippen LogP contribution in [0.5, 0.6) is 0 Å². The highest BCUT2D eigenvalue weighted by Crippen LogP contribution is 2.24. The van der Waals surface area contributed by atoms with Crippen molar-refractivity contribution in [3.63, 3.8) is 0 Å². The number of aliphatic carboxylic acids is 1. The van der Waals surface area contributed by atoms with Gasteiger partial charge in [-0.1, -0.05) is 19.8 Å². The quantitative estimate of drug-likeness (QED) is 0.708. The zero-order valence-corrected chi connectivity index (χ0v) is 12.3. The van der Waals surface area contributed by atoms with Gasteiger partial charge in [-0.3, -0.25) is 9.59 Å². The molecule has 0 aromatic rings. The molecule has 1 aliphatic heterocycles. The van der Waals surface area contributed by atoms with Crippen molar-refractivity contribution in [2.75, 3.05) is 13.1 Å². The van der Waals surface area contributed by atoms with E-state index in [9.17, 15) is 14.4 Å². The number of carbonyl (C=O) groups is 3. The molecule has 2 aliphatic rings. The van der Waals surface area contributed by atoms with Crippen molar-refractivity contribution in [1.82, 2.24) is 15.5 Å². The number of hydrogen-bond acceptors (Lipinski definition) is 3. The molecule has 7 heteroatoms. The first kappa shape index (κ1) is 15.6. The average molecular weight is 297 g/mol. The van der Waals surface area contributed by atoms with Crippen LogP contribution < -0.4 is 10.6 Å². The molecule has 0 bridgehead atoms. The number of rotatable bonds is 3. The Kier molecular flexibility index (Phi) is 5.03. The highest BCUT2D eigenvalue weighted by Gasteiger charge is 2.36. The van der Waals surface area contributed by atoms with E-state index in [1.54, 1.807) is 0 Å². The summed E-state index contributed by atoms with van der Waals surface area (Å²) in [4.78, 5) is 36.4. The molecule has 3 amide bonds. The van der Waals surface area contributed by atoms with Gasteiger partial charge in [-0.2, -0.15) is 0 Å². The molecule has 3 unspecified atom stereocenters. The van der Waals surface area contributed by atoms with Crippen LogP contribution in [0.1, 0.15) is 39.0 Å². The number of hydrogen-bond donors (Lipinski definition) is 3. The monoisotopic (exact) mass is 297 g/mol. The number of amides is 3. The molecule has 2 fully saturated rings. The summed E-state index contributed by atoms with van der Waals surface area (Å²) in [5.41, 5.74) is 0. The maximum Gasteiger partial charge on any atom is 0.318 e. The summed E-state index contributed by atoms with van der Waals surface area (Å²) >= 11 is 0. The standard InChI is InChI=1S/C14H23N3O4/c1-9-4-2-3-5-10(9)16-14(21)17-7-6-15-13(20)11(17)8-12(18)19/h9-11H,2-8H2,1H3,(H,15,20)(H,16,21)(H,18,19). The summed E-state index contributed by atoms with van der Waals surface area (Å²) in [6.45, 7) is 2.82. The van der Waals surface area contributed by atoms with Gasteiger partial charge in [0.2, 0.25) is 5.91 Å². The van der Waals surface area contributed by atoms with Gasteiger partial charge in [0.1, 0.15) is 6.04 Å². The van der Waals surface area contributed by atoms with Gasteiger partial charge in [-0.25, -0.2) is 4.79 Å². The number of piperazine rings is 1. The molecule has 0 aromatic heterocycles. The zero-order valence-electron chi connectivity index (χ0n) is 12.3. The maximum absolute atomic E-state index is 12.4. The lowest BCUT2D eigenvalue weighted by Gasteiger charge is -2.37. The minimum atomic E-state index is -1.08. The van der Waals surface area contributed by atoms with Gasteiger partial charge in [-0.15, -0.1) is 0 Å². The van der Waals surface area contributed by atoms with Gasteiger partial charge in [0.25, 0.3) is 0 Å². The predicted octanol–water partition coefficient (Wildman–Crippen LogP) is 0.550. The van der Waals surface area contributed by atoms with Crippen molar-refractivity contribution in [2.45, 2.75) is 51.1 Å². The lowest BCUT2D eigenvalue weighted by atomic mass is 9.86. The SMILES string of the molecule is CC1CCCCC1NC(=O)N1CCNC(=O)C1CC(=O)O. The van der Waals surface area contributed by atoms with Crippen LogP contribution in [0.15, 0.2) is 0 Å². The number of nitrogens with zero attached hydrogens (tertiary/aromatic N) is 1. The smallest absolute Gasteiger partial charge is 0.318 e. The molecule has 3 atom stereocenters. The number of carboxylic acid groups (broad SMARTS) is 1. The molecule has 1 heterocycles. The van der Waals surface area contributed by atoms with Crippen molar-refractivity contribution in [1.29, 1.82) is 0 Å². The van der Waals surface area contributed by atoms with Crippen LogP contribution in [-0.2, 0) is 9.59 Å². The Morgan fingerprint density at radius 1 is 1.38 bits per heavy atom. The van der Waals surface area contributed by atoms with Crippen LogP contribution >= 0.6 is 0 Å². The van der Waals surface area contributed by atoms with E-state index in [4.69, 9.17) is 5.11 Å². The van der Waals surface area contributed by atoms with Crippen LogP contribution in [0.3, 0.4) is 0 Å². The number of nitrogens with one attached hydrogen (secondary N) is 2. The Balaban J connectivity index is 2.01. The minimum Gasteiger partial charge on any atom is -0.481 e. The Bertz CT molecular complexity index is 426. The first-order valence-corrected chi connectivity index (χ1v) is 7.55. The molecular weight excluding hydrogens is 274 g/mol. The average Bonchev–Trinajstić information content (AvgIpc) is 2.43. The molecule has 0 aromatic carbocycles. The van der Waals surface area contributed by atoms with E-state index in [-0.39, 0.29) is 18.5 Å². The Morgan fingerprint density at radius 3 is 2.76 bits per heavy atom. The predicted molar refractivity (Wildman–Crippen MR) is 75.7 cm³/mol. The molecule has 3 N–H and O–H groups in total. The van der Waals surface area contributed by atoms with E-state index in [0.29, 0.717) is 19.0 Å². The summed E-state index contributed by atoms with van der Waals surface area (Å²) in [6, 6.07) is -1.13. The fourth-order valence-electron chi connectivity index (χ4n) is 3.10. The van der Waals surface area contributed by atoms with Gasteiger partial charge >= 0.3 is 12.0 Å². The molecule has 1 saturated heterocycles. The summed E-state index contributed by atoms with van der Waals surface area (Å²) < 4.78 is 0. The number of carboxylic acids is 1. The van der Waals surface area contributed by atoms with Gasteiger partial charge in [0, 0.05) is 19.1 Å². The fourth-order valence-corrected chi connectivity index (χ4v) is 3.10. The highest BCUT2D eigenvalue weighted by molar-refractivity contribution is 5.91. The van der Waals surface area contributed by atoms with Crippen LogP contribution in [0.25, 0.3) is 0 Å². The summed E-state index contributed by atoms with van der Waals surface area (Å²) in [6.07, 6.45) is 3.94. The fraction of sp³-hybridized carbons (Fsp3) is 0.786. The molecular formula is C14H23N3O4. The molecule has 7 nitrogen and oxygen atoms in total. The summed E-state index contributed by atoms with van der Waals surface area (Å²) in [5.74, 6) is -1.06. The summed E-state index contributed by atoms with van der Waals surface area (Å²) in [5, 5.41) is 14.5. The van der Waals surface area contributed by atoms with Gasteiger partial charge in [-0.05, 0) is 18.8 Å². The molecule has 2 rings (SSSR count). The van der Waals surface area contributed by atoms with Crippen molar-refractivity contribution >= 4 is 17.9 Å². The number of carbonyl (C=O) groups excluding carboxylic acids is 2. The Labute approximate surface area is 124 Å². The molecule has 0 spiro atoms. The molecule has 1 saturated carbocycles. The zero-order chi connectivity index (χ0) is 15.4. The van der Waals surface area contributed by atoms with E-state index in [2.05, 4.69) is 17.6 Å². The second-order valence-corrected chi connectivity index (χ2v) is 5.92. The molecule has 118 valence electrons.